The molecule has 2 aliphatic rings. The van der Waals surface area contributed by atoms with Crippen LogP contribution in [0.4, 0.5) is 0 Å². The Morgan fingerprint density at radius 1 is 1.00 bits per heavy atom. The molecule has 3 N–H and O–H groups in total. The molecule has 3 nitrogen and oxygen atoms in total. The summed E-state index contributed by atoms with van der Waals surface area (Å²) in [5, 5.41) is 29.8. The van der Waals surface area contributed by atoms with Gasteiger partial charge in [0.2, 0.25) is 0 Å². The van der Waals surface area contributed by atoms with Crippen molar-refractivity contribution < 1.29 is 15.3 Å². The molecule has 0 aliphatic heterocycles. The number of rotatable bonds is 0. The molecule has 3 heteroatoms. The van der Waals surface area contributed by atoms with Crippen molar-refractivity contribution >= 4 is 0 Å². The Hall–Kier alpha value is -0.120. The molecular weight excluding hydrogens is 168 g/mol. The minimum Gasteiger partial charge on any atom is -0.392 e. The van der Waals surface area contributed by atoms with Crippen molar-refractivity contribution in [2.75, 3.05) is 0 Å². The van der Waals surface area contributed by atoms with Crippen LogP contribution in [0.15, 0.2) is 0 Å². The third-order valence-electron chi connectivity index (χ3n) is 4.92. The van der Waals surface area contributed by atoms with Crippen LogP contribution >= 0.6 is 0 Å². The number of hydrogen-bond donors (Lipinski definition) is 3. The first-order chi connectivity index (χ1) is 5.76. The SMILES string of the molecule is CC12CC(O)C(O)(CC1O)C2(C)C. The molecule has 2 bridgehead atoms. The summed E-state index contributed by atoms with van der Waals surface area (Å²) in [4.78, 5) is 0. The van der Waals surface area contributed by atoms with E-state index in [0.717, 1.165) is 0 Å². The van der Waals surface area contributed by atoms with Crippen molar-refractivity contribution in [1.29, 1.82) is 0 Å². The van der Waals surface area contributed by atoms with Crippen molar-refractivity contribution in [3.8, 4) is 0 Å². The smallest absolute Gasteiger partial charge is 0.0987 e. The monoisotopic (exact) mass is 186 g/mol. The van der Waals surface area contributed by atoms with Gasteiger partial charge in [0.25, 0.3) is 0 Å². The summed E-state index contributed by atoms with van der Waals surface area (Å²) in [6.07, 6.45) is -0.373. The molecule has 0 aromatic rings. The van der Waals surface area contributed by atoms with E-state index < -0.39 is 23.2 Å². The lowest BCUT2D eigenvalue weighted by atomic mass is 9.69. The Morgan fingerprint density at radius 2 is 1.54 bits per heavy atom. The van der Waals surface area contributed by atoms with Crippen molar-refractivity contribution in [2.24, 2.45) is 10.8 Å². The van der Waals surface area contributed by atoms with E-state index in [-0.39, 0.29) is 5.41 Å². The molecule has 0 aromatic carbocycles. The van der Waals surface area contributed by atoms with Gasteiger partial charge in [-0.2, -0.15) is 0 Å². The van der Waals surface area contributed by atoms with Gasteiger partial charge < -0.3 is 15.3 Å². The first-order valence-corrected chi connectivity index (χ1v) is 4.84. The maximum atomic E-state index is 10.3. The summed E-state index contributed by atoms with van der Waals surface area (Å²) in [5.41, 5.74) is -1.85. The summed E-state index contributed by atoms with van der Waals surface area (Å²) in [6, 6.07) is 0. The summed E-state index contributed by atoms with van der Waals surface area (Å²) < 4.78 is 0. The Morgan fingerprint density at radius 3 is 1.77 bits per heavy atom. The minimum atomic E-state index is -1.10. The lowest BCUT2D eigenvalue weighted by Gasteiger charge is -2.37. The van der Waals surface area contributed by atoms with Crippen LogP contribution in [0.25, 0.3) is 0 Å². The third-order valence-corrected chi connectivity index (χ3v) is 4.92. The highest BCUT2D eigenvalue weighted by atomic mass is 16.4. The number of aliphatic hydroxyl groups excluding tert-OH is 2. The first-order valence-electron chi connectivity index (χ1n) is 4.84. The van der Waals surface area contributed by atoms with E-state index in [2.05, 4.69) is 0 Å². The molecule has 0 amide bonds. The molecule has 0 saturated heterocycles. The molecule has 4 unspecified atom stereocenters. The third kappa shape index (κ3) is 0.729. The fourth-order valence-corrected chi connectivity index (χ4v) is 3.20. The van der Waals surface area contributed by atoms with Crippen LogP contribution in [0.1, 0.15) is 33.6 Å². The van der Waals surface area contributed by atoms with Gasteiger partial charge >= 0.3 is 0 Å². The molecule has 2 fully saturated rings. The van der Waals surface area contributed by atoms with Crippen molar-refractivity contribution in [3.63, 3.8) is 0 Å². The maximum absolute atomic E-state index is 10.3. The van der Waals surface area contributed by atoms with Gasteiger partial charge in [0.1, 0.15) is 0 Å². The number of fused-ring (bicyclic) bond motifs is 2. The van der Waals surface area contributed by atoms with Crippen LogP contribution in [0.5, 0.6) is 0 Å². The number of hydrogen-bond acceptors (Lipinski definition) is 3. The quantitative estimate of drug-likeness (QED) is 0.509. The van der Waals surface area contributed by atoms with Gasteiger partial charge in [-0.05, 0) is 6.42 Å². The molecule has 0 heterocycles. The molecular formula is C10H18O3. The van der Waals surface area contributed by atoms with Gasteiger partial charge in [0, 0.05) is 17.3 Å². The Bertz CT molecular complexity index is 221. The van der Waals surface area contributed by atoms with Crippen LogP contribution in [-0.4, -0.2) is 33.1 Å². The Kier molecular flexibility index (Phi) is 1.52. The standard InChI is InChI=1S/C10H18O3/c1-8(2)9(3)4-7(12)10(8,13)5-6(9)11/h6-7,11-13H,4-5H2,1-3H3. The zero-order chi connectivity index (χ0) is 10.1. The zero-order valence-electron chi connectivity index (χ0n) is 8.41. The summed E-state index contributed by atoms with van der Waals surface area (Å²) in [7, 11) is 0. The Balaban J connectivity index is 2.52. The average molecular weight is 186 g/mol. The van der Waals surface area contributed by atoms with Gasteiger partial charge in [-0.3, -0.25) is 0 Å². The largest absolute Gasteiger partial charge is 0.392 e. The fourth-order valence-electron chi connectivity index (χ4n) is 3.20. The van der Waals surface area contributed by atoms with Gasteiger partial charge in [-0.25, -0.2) is 0 Å². The highest BCUT2D eigenvalue weighted by Crippen LogP contribution is 2.67. The van der Waals surface area contributed by atoms with E-state index in [0.29, 0.717) is 12.8 Å². The molecule has 0 aromatic heterocycles. The van der Waals surface area contributed by atoms with Crippen LogP contribution in [0.3, 0.4) is 0 Å². The van der Waals surface area contributed by atoms with Gasteiger partial charge in [0.15, 0.2) is 0 Å². The summed E-state index contributed by atoms with van der Waals surface area (Å²) in [5.74, 6) is 0. The van der Waals surface area contributed by atoms with Gasteiger partial charge in [-0.15, -0.1) is 0 Å². The highest BCUT2D eigenvalue weighted by molar-refractivity contribution is 5.22. The van der Waals surface area contributed by atoms with Crippen molar-refractivity contribution in [1.82, 2.24) is 0 Å². The first kappa shape index (κ1) is 9.44. The maximum Gasteiger partial charge on any atom is 0.0987 e. The predicted octanol–water partition coefficient (Wildman–Crippen LogP) is 0.279. The van der Waals surface area contributed by atoms with Crippen molar-refractivity contribution in [2.45, 2.75) is 51.4 Å². The van der Waals surface area contributed by atoms with E-state index >= 15 is 0 Å². The fraction of sp³-hybridized carbons (Fsp3) is 1.00. The van der Waals surface area contributed by atoms with Crippen LogP contribution < -0.4 is 0 Å². The van der Waals surface area contributed by atoms with Crippen LogP contribution in [0, 0.1) is 10.8 Å². The highest BCUT2D eigenvalue weighted by Gasteiger charge is 2.73. The lowest BCUT2D eigenvalue weighted by Crippen LogP contribution is -2.46. The van der Waals surface area contributed by atoms with Gasteiger partial charge in [-0.1, -0.05) is 20.8 Å². The minimum absolute atomic E-state index is 0.303. The van der Waals surface area contributed by atoms with E-state index in [1.54, 1.807) is 0 Å². The van der Waals surface area contributed by atoms with E-state index in [4.69, 9.17) is 0 Å². The summed E-state index contributed by atoms with van der Waals surface area (Å²) >= 11 is 0. The lowest BCUT2D eigenvalue weighted by molar-refractivity contribution is -0.109. The molecule has 2 saturated carbocycles. The normalized spacial score (nSPS) is 58.6. The van der Waals surface area contributed by atoms with E-state index in [9.17, 15) is 15.3 Å². The molecule has 76 valence electrons. The number of aliphatic hydroxyl groups is 3. The molecule has 0 radical (unpaired) electrons. The molecule has 13 heavy (non-hydrogen) atoms. The second kappa shape index (κ2) is 2.10. The topological polar surface area (TPSA) is 60.7 Å². The predicted molar refractivity (Wildman–Crippen MR) is 48.1 cm³/mol. The van der Waals surface area contributed by atoms with Gasteiger partial charge in [0.05, 0.1) is 17.8 Å². The van der Waals surface area contributed by atoms with Crippen molar-refractivity contribution in [3.05, 3.63) is 0 Å². The van der Waals surface area contributed by atoms with E-state index in [1.165, 1.54) is 0 Å². The van der Waals surface area contributed by atoms with E-state index in [1.807, 2.05) is 20.8 Å². The molecule has 2 rings (SSSR count). The Labute approximate surface area is 78.4 Å². The second-order valence-electron chi connectivity index (χ2n) is 5.41. The van der Waals surface area contributed by atoms with Crippen LogP contribution in [-0.2, 0) is 0 Å². The molecule has 0 spiro atoms. The zero-order valence-corrected chi connectivity index (χ0v) is 8.41. The summed E-state index contributed by atoms with van der Waals surface area (Å²) in [6.45, 7) is 5.81. The average Bonchev–Trinajstić information content (AvgIpc) is 2.18. The molecule has 4 atom stereocenters. The molecule has 2 aliphatic carbocycles. The van der Waals surface area contributed by atoms with Crippen LogP contribution in [0.2, 0.25) is 0 Å². The second-order valence-corrected chi connectivity index (χ2v) is 5.41.